The molecule has 0 bridgehead atoms. The van der Waals surface area contributed by atoms with Gasteiger partial charge in [-0.2, -0.15) is 13.2 Å². The summed E-state index contributed by atoms with van der Waals surface area (Å²) in [6, 6.07) is 18.1. The number of amides is 1. The van der Waals surface area contributed by atoms with Crippen molar-refractivity contribution in [1.29, 1.82) is 0 Å². The first-order valence-corrected chi connectivity index (χ1v) is 8.43. The highest BCUT2D eigenvalue weighted by atomic mass is 19.4. The standard InChI is InChI=1S/C21H18F3NO2/c1-14(27-19-11-5-8-16-7-2-3-10-18(16)19)20(26)25-13-15-6-4-9-17(12-15)21(22,23)24/h2-12,14H,13H2,1H3,(H,25,26)/t14-/m1/s1. The van der Waals surface area contributed by atoms with Gasteiger partial charge in [0.05, 0.1) is 5.56 Å². The zero-order chi connectivity index (χ0) is 19.4. The highest BCUT2D eigenvalue weighted by molar-refractivity contribution is 5.89. The minimum Gasteiger partial charge on any atom is -0.480 e. The Morgan fingerprint density at radius 1 is 1.04 bits per heavy atom. The van der Waals surface area contributed by atoms with E-state index in [0.29, 0.717) is 11.3 Å². The van der Waals surface area contributed by atoms with Crippen molar-refractivity contribution in [3.05, 3.63) is 77.9 Å². The number of nitrogens with one attached hydrogen (secondary N) is 1. The van der Waals surface area contributed by atoms with Gasteiger partial charge in [-0.1, -0.05) is 48.5 Å². The molecule has 0 saturated carbocycles. The van der Waals surface area contributed by atoms with E-state index in [1.165, 1.54) is 12.1 Å². The van der Waals surface area contributed by atoms with E-state index in [1.54, 1.807) is 13.0 Å². The summed E-state index contributed by atoms with van der Waals surface area (Å²) < 4.78 is 44.0. The molecule has 0 aromatic heterocycles. The summed E-state index contributed by atoms with van der Waals surface area (Å²) >= 11 is 0. The Kier molecular flexibility index (Phi) is 5.35. The van der Waals surface area contributed by atoms with E-state index in [1.807, 2.05) is 36.4 Å². The summed E-state index contributed by atoms with van der Waals surface area (Å²) in [6.07, 6.45) is -5.20. The Bertz CT molecular complexity index is 948. The Labute approximate surface area is 154 Å². The van der Waals surface area contributed by atoms with Crippen molar-refractivity contribution >= 4 is 16.7 Å². The first-order chi connectivity index (χ1) is 12.8. The fourth-order valence-corrected chi connectivity index (χ4v) is 2.73. The van der Waals surface area contributed by atoms with Gasteiger partial charge in [0, 0.05) is 11.9 Å². The molecule has 6 heteroatoms. The van der Waals surface area contributed by atoms with Crippen LogP contribution in [0.1, 0.15) is 18.1 Å². The van der Waals surface area contributed by atoms with Crippen LogP contribution in [0, 0.1) is 0 Å². The summed E-state index contributed by atoms with van der Waals surface area (Å²) in [7, 11) is 0. The maximum Gasteiger partial charge on any atom is 0.416 e. The summed E-state index contributed by atoms with van der Waals surface area (Å²) in [4.78, 5) is 12.3. The van der Waals surface area contributed by atoms with Crippen LogP contribution in [0.2, 0.25) is 0 Å². The molecule has 1 N–H and O–H groups in total. The number of rotatable bonds is 5. The maximum atomic E-state index is 12.8. The van der Waals surface area contributed by atoms with Crippen LogP contribution in [0.15, 0.2) is 66.7 Å². The second-order valence-corrected chi connectivity index (χ2v) is 6.15. The van der Waals surface area contributed by atoms with Crippen LogP contribution in [-0.2, 0) is 17.5 Å². The molecule has 0 fully saturated rings. The molecule has 1 atom stereocenters. The van der Waals surface area contributed by atoms with Crippen LogP contribution in [0.25, 0.3) is 10.8 Å². The number of benzene rings is 3. The highest BCUT2D eigenvalue weighted by Gasteiger charge is 2.30. The SMILES string of the molecule is C[C@@H](Oc1cccc2ccccc12)C(=O)NCc1cccc(C(F)(F)F)c1. The van der Waals surface area contributed by atoms with Gasteiger partial charge in [0.15, 0.2) is 6.10 Å². The molecule has 3 aromatic carbocycles. The number of carbonyl (C=O) groups excluding carboxylic acids is 1. The predicted octanol–water partition coefficient (Wildman–Crippen LogP) is 4.94. The second-order valence-electron chi connectivity index (χ2n) is 6.15. The molecule has 3 aromatic rings. The van der Waals surface area contributed by atoms with Crippen LogP contribution in [0.5, 0.6) is 5.75 Å². The lowest BCUT2D eigenvalue weighted by Gasteiger charge is -2.16. The van der Waals surface area contributed by atoms with Crippen molar-refractivity contribution in [1.82, 2.24) is 5.32 Å². The van der Waals surface area contributed by atoms with E-state index < -0.39 is 23.8 Å². The van der Waals surface area contributed by atoms with Crippen LogP contribution < -0.4 is 10.1 Å². The lowest BCUT2D eigenvalue weighted by atomic mass is 10.1. The van der Waals surface area contributed by atoms with Crippen LogP contribution in [0.4, 0.5) is 13.2 Å². The van der Waals surface area contributed by atoms with E-state index in [-0.39, 0.29) is 6.54 Å². The third-order valence-corrected chi connectivity index (χ3v) is 4.14. The molecule has 3 nitrogen and oxygen atoms in total. The fourth-order valence-electron chi connectivity index (χ4n) is 2.73. The number of hydrogen-bond acceptors (Lipinski definition) is 2. The molecule has 1 amide bonds. The van der Waals surface area contributed by atoms with Gasteiger partial charge in [-0.05, 0) is 36.1 Å². The first kappa shape index (κ1) is 18.8. The Hall–Kier alpha value is -3.02. The highest BCUT2D eigenvalue weighted by Crippen LogP contribution is 2.29. The molecule has 0 heterocycles. The molecule has 0 aliphatic rings. The number of halogens is 3. The van der Waals surface area contributed by atoms with Gasteiger partial charge >= 0.3 is 6.18 Å². The molecular formula is C21H18F3NO2. The number of fused-ring (bicyclic) bond motifs is 1. The molecule has 3 rings (SSSR count). The molecule has 0 aliphatic carbocycles. The normalized spacial score (nSPS) is 12.6. The van der Waals surface area contributed by atoms with Crippen molar-refractivity contribution < 1.29 is 22.7 Å². The van der Waals surface area contributed by atoms with Crippen LogP contribution >= 0.6 is 0 Å². The summed E-state index contributed by atoms with van der Waals surface area (Å²) in [5.74, 6) is 0.176. The van der Waals surface area contributed by atoms with E-state index in [0.717, 1.165) is 22.9 Å². The molecular weight excluding hydrogens is 355 g/mol. The molecule has 0 spiro atoms. The van der Waals surface area contributed by atoms with Gasteiger partial charge in [-0.15, -0.1) is 0 Å². The summed E-state index contributed by atoms with van der Waals surface area (Å²) in [5, 5.41) is 4.49. The van der Waals surface area contributed by atoms with Crippen molar-refractivity contribution in [2.75, 3.05) is 0 Å². The fraction of sp³-hybridized carbons (Fsp3) is 0.190. The molecule has 0 aliphatic heterocycles. The number of ether oxygens (including phenoxy) is 1. The molecule has 140 valence electrons. The Balaban J connectivity index is 1.64. The van der Waals surface area contributed by atoms with Crippen LogP contribution in [0.3, 0.4) is 0 Å². The van der Waals surface area contributed by atoms with Crippen molar-refractivity contribution in [3.8, 4) is 5.75 Å². The van der Waals surface area contributed by atoms with Gasteiger partial charge in [-0.3, -0.25) is 4.79 Å². The van der Waals surface area contributed by atoms with Gasteiger partial charge < -0.3 is 10.1 Å². The number of carbonyl (C=O) groups is 1. The average molecular weight is 373 g/mol. The third-order valence-electron chi connectivity index (χ3n) is 4.14. The van der Waals surface area contributed by atoms with Gasteiger partial charge in [0.25, 0.3) is 5.91 Å². The molecule has 27 heavy (non-hydrogen) atoms. The Morgan fingerprint density at radius 3 is 2.52 bits per heavy atom. The van der Waals surface area contributed by atoms with E-state index in [9.17, 15) is 18.0 Å². The largest absolute Gasteiger partial charge is 0.480 e. The van der Waals surface area contributed by atoms with Gasteiger partial charge in [0.1, 0.15) is 5.75 Å². The van der Waals surface area contributed by atoms with Crippen molar-refractivity contribution in [2.24, 2.45) is 0 Å². The lowest BCUT2D eigenvalue weighted by Crippen LogP contribution is -2.36. The van der Waals surface area contributed by atoms with E-state index >= 15 is 0 Å². The van der Waals surface area contributed by atoms with Crippen LogP contribution in [-0.4, -0.2) is 12.0 Å². The number of hydrogen-bond donors (Lipinski definition) is 1. The lowest BCUT2D eigenvalue weighted by molar-refractivity contribution is -0.137. The van der Waals surface area contributed by atoms with Gasteiger partial charge in [-0.25, -0.2) is 0 Å². The minimum absolute atomic E-state index is 0.00795. The molecule has 0 saturated heterocycles. The predicted molar refractivity (Wildman–Crippen MR) is 97.3 cm³/mol. The number of alkyl halides is 3. The average Bonchev–Trinajstić information content (AvgIpc) is 2.66. The summed E-state index contributed by atoms with van der Waals surface area (Å²) in [6.45, 7) is 1.59. The molecule has 0 unspecified atom stereocenters. The quantitative estimate of drug-likeness (QED) is 0.688. The van der Waals surface area contributed by atoms with E-state index in [4.69, 9.17) is 4.74 Å². The maximum absolute atomic E-state index is 12.8. The van der Waals surface area contributed by atoms with E-state index in [2.05, 4.69) is 5.32 Å². The van der Waals surface area contributed by atoms with Crippen molar-refractivity contribution in [2.45, 2.75) is 25.7 Å². The smallest absolute Gasteiger partial charge is 0.416 e. The minimum atomic E-state index is -4.41. The Morgan fingerprint density at radius 2 is 1.74 bits per heavy atom. The van der Waals surface area contributed by atoms with Gasteiger partial charge in [0.2, 0.25) is 0 Å². The first-order valence-electron chi connectivity index (χ1n) is 8.43. The second kappa shape index (κ2) is 7.70. The zero-order valence-electron chi connectivity index (χ0n) is 14.6. The third kappa shape index (κ3) is 4.58. The summed E-state index contributed by atoms with van der Waals surface area (Å²) in [5.41, 5.74) is -0.371. The zero-order valence-corrected chi connectivity index (χ0v) is 14.6. The molecule has 0 radical (unpaired) electrons. The van der Waals surface area contributed by atoms with Crippen molar-refractivity contribution in [3.63, 3.8) is 0 Å². The topological polar surface area (TPSA) is 38.3 Å². The monoisotopic (exact) mass is 373 g/mol.